The van der Waals surface area contributed by atoms with Crippen molar-refractivity contribution in [3.05, 3.63) is 94.6 Å². The first-order chi connectivity index (χ1) is 14.5. The van der Waals surface area contributed by atoms with Crippen molar-refractivity contribution < 1.29 is 22.0 Å². The molecule has 0 saturated carbocycles. The summed E-state index contributed by atoms with van der Waals surface area (Å²) < 4.78 is 52.9. The number of nitrogens with one attached hydrogen (secondary N) is 1. The molecule has 0 radical (unpaired) electrons. The molecule has 0 aliphatic rings. The van der Waals surface area contributed by atoms with Crippen LogP contribution in [-0.4, -0.2) is 20.6 Å². The number of benzene rings is 3. The van der Waals surface area contributed by atoms with Crippen LogP contribution in [0.25, 0.3) is 0 Å². The molecule has 0 aromatic heterocycles. The highest BCUT2D eigenvalue weighted by Crippen LogP contribution is 2.26. The van der Waals surface area contributed by atoms with Gasteiger partial charge in [-0.15, -0.1) is 0 Å². The first-order valence-corrected chi connectivity index (χ1v) is 11.3. The smallest absolute Gasteiger partial charge is 0.255 e. The number of hydrogen-bond donors (Lipinski definition) is 1. The zero-order chi connectivity index (χ0) is 22.8. The Balaban J connectivity index is 1.81. The lowest BCUT2D eigenvalue weighted by molar-refractivity contribution is 0.102. The van der Waals surface area contributed by atoms with Crippen LogP contribution >= 0.6 is 0 Å². The molecule has 0 heterocycles. The predicted octanol–water partition coefficient (Wildman–Crippen LogP) is 4.80. The Bertz CT molecular complexity index is 1230. The topological polar surface area (TPSA) is 66.5 Å². The van der Waals surface area contributed by atoms with Crippen molar-refractivity contribution in [3.8, 4) is 0 Å². The predicted molar refractivity (Wildman–Crippen MR) is 118 cm³/mol. The molecule has 0 aliphatic carbocycles. The van der Waals surface area contributed by atoms with Crippen molar-refractivity contribution >= 4 is 27.3 Å². The highest BCUT2D eigenvalue weighted by atomic mass is 32.2. The van der Waals surface area contributed by atoms with Gasteiger partial charge >= 0.3 is 0 Å². The molecule has 1 N–H and O–H groups in total. The number of anilines is 2. The van der Waals surface area contributed by atoms with Gasteiger partial charge in [-0.3, -0.25) is 9.10 Å². The molecule has 0 saturated heterocycles. The van der Waals surface area contributed by atoms with E-state index in [4.69, 9.17) is 0 Å². The Hall–Kier alpha value is -3.26. The van der Waals surface area contributed by atoms with Crippen molar-refractivity contribution in [2.24, 2.45) is 0 Å². The van der Waals surface area contributed by atoms with Gasteiger partial charge in [-0.1, -0.05) is 24.3 Å². The van der Waals surface area contributed by atoms with E-state index >= 15 is 0 Å². The number of hydrogen-bond acceptors (Lipinski definition) is 3. The molecule has 0 spiro atoms. The van der Waals surface area contributed by atoms with Crippen LogP contribution in [0.4, 0.5) is 20.2 Å². The Morgan fingerprint density at radius 2 is 1.65 bits per heavy atom. The van der Waals surface area contributed by atoms with E-state index in [2.05, 4.69) is 5.32 Å². The summed E-state index contributed by atoms with van der Waals surface area (Å²) in [6.45, 7) is 3.83. The minimum absolute atomic E-state index is 0.0949. The number of carbonyl (C=O) groups excluding carboxylic acids is 1. The third kappa shape index (κ3) is 5.46. The fourth-order valence-electron chi connectivity index (χ4n) is 3.08. The van der Waals surface area contributed by atoms with Crippen molar-refractivity contribution in [2.75, 3.05) is 15.9 Å². The summed E-state index contributed by atoms with van der Waals surface area (Å²) in [6, 6.07) is 14.8. The van der Waals surface area contributed by atoms with E-state index in [9.17, 15) is 22.0 Å². The second-order valence-corrected chi connectivity index (χ2v) is 9.24. The Morgan fingerprint density at radius 3 is 2.26 bits per heavy atom. The van der Waals surface area contributed by atoms with Gasteiger partial charge in [-0.2, -0.15) is 0 Å². The van der Waals surface area contributed by atoms with E-state index in [1.54, 1.807) is 12.1 Å². The number of halogens is 2. The van der Waals surface area contributed by atoms with Crippen LogP contribution in [0.2, 0.25) is 0 Å². The molecule has 5 nitrogen and oxygen atoms in total. The lowest BCUT2D eigenvalue weighted by Gasteiger charge is -2.25. The second-order valence-electron chi connectivity index (χ2n) is 7.33. The zero-order valence-corrected chi connectivity index (χ0v) is 18.1. The molecule has 0 fully saturated rings. The molecule has 3 aromatic carbocycles. The third-order valence-corrected chi connectivity index (χ3v) is 5.88. The third-order valence-electron chi connectivity index (χ3n) is 4.76. The SMILES string of the molecule is Cc1ccc(C)c(N(Cc2ccc(C(=O)Nc3ccc(F)cc3F)cc2)S(C)(=O)=O)c1. The molecule has 0 aliphatic heterocycles. The van der Waals surface area contributed by atoms with E-state index in [1.807, 2.05) is 32.0 Å². The summed E-state index contributed by atoms with van der Waals surface area (Å²) in [5.41, 5.74) is 3.16. The molecule has 8 heteroatoms. The molecule has 0 bridgehead atoms. The second kappa shape index (κ2) is 8.85. The summed E-state index contributed by atoms with van der Waals surface area (Å²) in [6.07, 6.45) is 1.15. The van der Waals surface area contributed by atoms with Gasteiger partial charge in [0.15, 0.2) is 0 Å². The Labute approximate surface area is 180 Å². The monoisotopic (exact) mass is 444 g/mol. The first kappa shape index (κ1) is 22.4. The number of sulfonamides is 1. The van der Waals surface area contributed by atoms with Crippen molar-refractivity contribution in [3.63, 3.8) is 0 Å². The fourth-order valence-corrected chi connectivity index (χ4v) is 4.02. The van der Waals surface area contributed by atoms with Crippen LogP contribution in [0.5, 0.6) is 0 Å². The summed E-state index contributed by atoms with van der Waals surface area (Å²) in [4.78, 5) is 12.4. The number of carbonyl (C=O) groups is 1. The van der Waals surface area contributed by atoms with Gasteiger partial charge < -0.3 is 5.32 Å². The Kier molecular flexibility index (Phi) is 6.40. The maximum Gasteiger partial charge on any atom is 0.255 e. The number of aryl methyl sites for hydroxylation is 2. The van der Waals surface area contributed by atoms with Gasteiger partial charge in [0.05, 0.1) is 24.2 Å². The zero-order valence-electron chi connectivity index (χ0n) is 17.3. The quantitative estimate of drug-likeness (QED) is 0.594. The molecule has 162 valence electrons. The van der Waals surface area contributed by atoms with Gasteiger partial charge in [0.1, 0.15) is 11.6 Å². The van der Waals surface area contributed by atoms with Crippen molar-refractivity contribution in [1.82, 2.24) is 0 Å². The molecule has 0 atom stereocenters. The van der Waals surface area contributed by atoms with Gasteiger partial charge in [-0.05, 0) is 60.9 Å². The fraction of sp³-hybridized carbons (Fsp3) is 0.174. The Morgan fingerprint density at radius 1 is 0.968 bits per heavy atom. The van der Waals surface area contributed by atoms with E-state index in [0.717, 1.165) is 29.5 Å². The summed E-state index contributed by atoms with van der Waals surface area (Å²) in [7, 11) is -3.55. The van der Waals surface area contributed by atoms with Crippen LogP contribution in [0, 0.1) is 25.5 Å². The van der Waals surface area contributed by atoms with Crippen molar-refractivity contribution in [1.29, 1.82) is 0 Å². The summed E-state index contributed by atoms with van der Waals surface area (Å²) >= 11 is 0. The van der Waals surface area contributed by atoms with Gasteiger partial charge in [-0.25, -0.2) is 17.2 Å². The number of amides is 1. The van der Waals surface area contributed by atoms with Crippen LogP contribution < -0.4 is 9.62 Å². The molecule has 3 rings (SSSR count). The maximum atomic E-state index is 13.8. The van der Waals surface area contributed by atoms with E-state index < -0.39 is 27.6 Å². The molecular weight excluding hydrogens is 422 g/mol. The van der Waals surface area contributed by atoms with Crippen LogP contribution in [-0.2, 0) is 16.6 Å². The van der Waals surface area contributed by atoms with E-state index in [0.29, 0.717) is 17.3 Å². The van der Waals surface area contributed by atoms with Crippen LogP contribution in [0.1, 0.15) is 27.0 Å². The minimum atomic E-state index is -3.55. The molecule has 0 unspecified atom stereocenters. The average Bonchev–Trinajstić information content (AvgIpc) is 2.70. The van der Waals surface area contributed by atoms with Gasteiger partial charge in [0.2, 0.25) is 10.0 Å². The van der Waals surface area contributed by atoms with Crippen molar-refractivity contribution in [2.45, 2.75) is 20.4 Å². The lowest BCUT2D eigenvalue weighted by Crippen LogP contribution is -2.30. The number of nitrogens with zero attached hydrogens (tertiary/aromatic N) is 1. The van der Waals surface area contributed by atoms with Crippen LogP contribution in [0.3, 0.4) is 0 Å². The number of rotatable bonds is 6. The lowest BCUT2D eigenvalue weighted by atomic mass is 10.1. The first-order valence-electron chi connectivity index (χ1n) is 9.45. The molecular formula is C23H22F2N2O3S. The standard InChI is InChI=1S/C23H22F2N2O3S/c1-15-4-5-16(2)22(12-15)27(31(3,29)30)14-17-6-8-18(9-7-17)23(28)26-21-11-10-19(24)13-20(21)25/h4-13H,14H2,1-3H3,(H,26,28). The average molecular weight is 445 g/mol. The molecule has 1 amide bonds. The summed E-state index contributed by atoms with van der Waals surface area (Å²) in [5, 5.41) is 2.39. The highest BCUT2D eigenvalue weighted by Gasteiger charge is 2.20. The largest absolute Gasteiger partial charge is 0.319 e. The molecule has 3 aromatic rings. The van der Waals surface area contributed by atoms with Crippen LogP contribution in [0.15, 0.2) is 60.7 Å². The normalized spacial score (nSPS) is 11.3. The van der Waals surface area contributed by atoms with E-state index in [-0.39, 0.29) is 17.8 Å². The van der Waals surface area contributed by atoms with Gasteiger partial charge in [0.25, 0.3) is 5.91 Å². The van der Waals surface area contributed by atoms with Gasteiger partial charge in [0, 0.05) is 11.6 Å². The minimum Gasteiger partial charge on any atom is -0.319 e. The highest BCUT2D eigenvalue weighted by molar-refractivity contribution is 7.92. The maximum absolute atomic E-state index is 13.8. The van der Waals surface area contributed by atoms with E-state index in [1.165, 1.54) is 16.4 Å². The summed E-state index contributed by atoms with van der Waals surface area (Å²) in [5.74, 6) is -2.17. The molecule has 31 heavy (non-hydrogen) atoms.